The van der Waals surface area contributed by atoms with Gasteiger partial charge in [-0.3, -0.25) is 0 Å². The predicted octanol–water partition coefficient (Wildman–Crippen LogP) is 2.33. The van der Waals surface area contributed by atoms with Crippen LogP contribution >= 0.6 is 0 Å². The minimum atomic E-state index is 0.287. The van der Waals surface area contributed by atoms with Crippen molar-refractivity contribution in [2.75, 3.05) is 6.61 Å². The highest BCUT2D eigenvalue weighted by Gasteiger charge is 1.95. The predicted molar refractivity (Wildman–Crippen MR) is 59.0 cm³/mol. The topological polar surface area (TPSA) is 35.2 Å². The fraction of sp³-hybridized carbons (Fsp3) is 0.500. The first-order valence-corrected chi connectivity index (χ1v) is 5.16. The van der Waals surface area contributed by atoms with Gasteiger partial charge in [-0.05, 0) is 25.3 Å². The highest BCUT2D eigenvalue weighted by molar-refractivity contribution is 5.13. The van der Waals surface area contributed by atoms with Crippen LogP contribution < -0.4 is 5.73 Å². The molecule has 14 heavy (non-hydrogen) atoms. The molecule has 0 aliphatic heterocycles. The van der Waals surface area contributed by atoms with E-state index in [4.69, 9.17) is 10.5 Å². The summed E-state index contributed by atoms with van der Waals surface area (Å²) < 4.78 is 5.51. The third kappa shape index (κ3) is 5.00. The number of hydrogen-bond acceptors (Lipinski definition) is 2. The van der Waals surface area contributed by atoms with E-state index in [-0.39, 0.29) is 6.04 Å². The maximum atomic E-state index is 5.63. The fourth-order valence-corrected chi connectivity index (χ4v) is 1.27. The molecule has 0 saturated heterocycles. The van der Waals surface area contributed by atoms with Crippen LogP contribution in [0.2, 0.25) is 0 Å². The van der Waals surface area contributed by atoms with Crippen molar-refractivity contribution in [3.05, 3.63) is 35.9 Å². The van der Waals surface area contributed by atoms with Crippen LogP contribution in [0, 0.1) is 0 Å². The van der Waals surface area contributed by atoms with Gasteiger partial charge < -0.3 is 10.5 Å². The van der Waals surface area contributed by atoms with Crippen LogP contribution in [0.25, 0.3) is 0 Å². The Morgan fingerprint density at radius 3 is 2.64 bits per heavy atom. The Bertz CT molecular complexity index is 233. The maximum Gasteiger partial charge on any atom is 0.0716 e. The molecule has 1 rings (SSSR count). The zero-order valence-electron chi connectivity index (χ0n) is 8.78. The lowest BCUT2D eigenvalue weighted by Gasteiger charge is -2.06. The van der Waals surface area contributed by atoms with Crippen molar-refractivity contribution in [3.63, 3.8) is 0 Å². The van der Waals surface area contributed by atoms with Gasteiger partial charge >= 0.3 is 0 Å². The van der Waals surface area contributed by atoms with E-state index in [1.807, 2.05) is 25.1 Å². The molecule has 0 aliphatic rings. The SMILES string of the molecule is CC(N)CCCOCc1ccccc1. The Kier molecular flexibility index (Phi) is 5.27. The van der Waals surface area contributed by atoms with Crippen molar-refractivity contribution < 1.29 is 4.74 Å². The summed E-state index contributed by atoms with van der Waals surface area (Å²) in [4.78, 5) is 0. The first kappa shape index (κ1) is 11.2. The number of hydrogen-bond donors (Lipinski definition) is 1. The van der Waals surface area contributed by atoms with Gasteiger partial charge in [0.25, 0.3) is 0 Å². The van der Waals surface area contributed by atoms with Crippen LogP contribution in [-0.4, -0.2) is 12.6 Å². The van der Waals surface area contributed by atoms with Gasteiger partial charge in [0.15, 0.2) is 0 Å². The summed E-state index contributed by atoms with van der Waals surface area (Å²) >= 11 is 0. The van der Waals surface area contributed by atoms with Gasteiger partial charge in [0.1, 0.15) is 0 Å². The molecule has 0 aromatic heterocycles. The van der Waals surface area contributed by atoms with E-state index in [0.717, 1.165) is 19.4 Å². The van der Waals surface area contributed by atoms with Gasteiger partial charge in [-0.25, -0.2) is 0 Å². The summed E-state index contributed by atoms with van der Waals surface area (Å²) in [6, 6.07) is 10.5. The lowest BCUT2D eigenvalue weighted by atomic mass is 10.2. The van der Waals surface area contributed by atoms with Crippen LogP contribution in [0.4, 0.5) is 0 Å². The monoisotopic (exact) mass is 193 g/mol. The smallest absolute Gasteiger partial charge is 0.0716 e. The first-order chi connectivity index (χ1) is 6.79. The third-order valence-corrected chi connectivity index (χ3v) is 2.06. The average Bonchev–Trinajstić information content (AvgIpc) is 2.18. The van der Waals surface area contributed by atoms with Gasteiger partial charge in [0.05, 0.1) is 6.61 Å². The van der Waals surface area contributed by atoms with Gasteiger partial charge in [-0.15, -0.1) is 0 Å². The van der Waals surface area contributed by atoms with E-state index >= 15 is 0 Å². The Balaban J connectivity index is 2.05. The molecule has 1 atom stereocenters. The van der Waals surface area contributed by atoms with Crippen molar-refractivity contribution in [1.29, 1.82) is 0 Å². The quantitative estimate of drug-likeness (QED) is 0.704. The van der Waals surface area contributed by atoms with Crippen molar-refractivity contribution in [3.8, 4) is 0 Å². The molecule has 0 bridgehead atoms. The van der Waals surface area contributed by atoms with E-state index in [0.29, 0.717) is 6.61 Å². The van der Waals surface area contributed by atoms with Crippen molar-refractivity contribution in [2.24, 2.45) is 5.73 Å². The third-order valence-electron chi connectivity index (χ3n) is 2.06. The molecule has 0 saturated carbocycles. The summed E-state index contributed by atoms with van der Waals surface area (Å²) in [5, 5.41) is 0. The standard InChI is InChI=1S/C12H19NO/c1-11(13)6-5-9-14-10-12-7-3-2-4-8-12/h2-4,7-8,11H,5-6,9-10,13H2,1H3. The van der Waals surface area contributed by atoms with E-state index in [1.165, 1.54) is 5.56 Å². The molecule has 78 valence electrons. The molecular formula is C12H19NO. The van der Waals surface area contributed by atoms with E-state index < -0.39 is 0 Å². The molecule has 2 N–H and O–H groups in total. The molecule has 0 radical (unpaired) electrons. The maximum absolute atomic E-state index is 5.63. The first-order valence-electron chi connectivity index (χ1n) is 5.16. The van der Waals surface area contributed by atoms with E-state index in [2.05, 4.69) is 12.1 Å². The van der Waals surface area contributed by atoms with Gasteiger partial charge in [-0.2, -0.15) is 0 Å². The number of benzene rings is 1. The second kappa shape index (κ2) is 6.57. The molecule has 1 unspecified atom stereocenters. The van der Waals surface area contributed by atoms with Gasteiger partial charge in [-0.1, -0.05) is 30.3 Å². The zero-order chi connectivity index (χ0) is 10.2. The molecular weight excluding hydrogens is 174 g/mol. The molecule has 0 amide bonds. The molecule has 0 fully saturated rings. The summed E-state index contributed by atoms with van der Waals surface area (Å²) in [6.07, 6.45) is 2.08. The number of ether oxygens (including phenoxy) is 1. The molecule has 1 aromatic carbocycles. The lowest BCUT2D eigenvalue weighted by molar-refractivity contribution is 0.116. The van der Waals surface area contributed by atoms with Crippen LogP contribution in [0.3, 0.4) is 0 Å². The molecule has 2 heteroatoms. The number of rotatable bonds is 6. The normalized spacial score (nSPS) is 12.7. The molecule has 0 spiro atoms. The van der Waals surface area contributed by atoms with Gasteiger partial charge in [0, 0.05) is 12.6 Å². The largest absolute Gasteiger partial charge is 0.377 e. The van der Waals surface area contributed by atoms with Gasteiger partial charge in [0.2, 0.25) is 0 Å². The second-order valence-electron chi connectivity index (χ2n) is 3.66. The number of nitrogens with two attached hydrogens (primary N) is 1. The zero-order valence-corrected chi connectivity index (χ0v) is 8.78. The highest BCUT2D eigenvalue weighted by Crippen LogP contribution is 2.01. The lowest BCUT2D eigenvalue weighted by Crippen LogP contribution is -2.15. The van der Waals surface area contributed by atoms with E-state index in [9.17, 15) is 0 Å². The Morgan fingerprint density at radius 2 is 2.00 bits per heavy atom. The Labute approximate surface area is 86.1 Å². The fourth-order valence-electron chi connectivity index (χ4n) is 1.27. The van der Waals surface area contributed by atoms with Crippen molar-refractivity contribution in [1.82, 2.24) is 0 Å². The van der Waals surface area contributed by atoms with E-state index in [1.54, 1.807) is 0 Å². The minimum Gasteiger partial charge on any atom is -0.377 e. The Hall–Kier alpha value is -0.860. The minimum absolute atomic E-state index is 0.287. The van der Waals surface area contributed by atoms with Crippen LogP contribution in [-0.2, 0) is 11.3 Å². The van der Waals surface area contributed by atoms with Crippen LogP contribution in [0.5, 0.6) is 0 Å². The molecule has 1 aromatic rings. The summed E-state index contributed by atoms with van der Waals surface area (Å²) in [6.45, 7) is 3.54. The highest BCUT2D eigenvalue weighted by atomic mass is 16.5. The van der Waals surface area contributed by atoms with Crippen LogP contribution in [0.15, 0.2) is 30.3 Å². The average molecular weight is 193 g/mol. The molecule has 2 nitrogen and oxygen atoms in total. The summed E-state index contributed by atoms with van der Waals surface area (Å²) in [7, 11) is 0. The summed E-state index contributed by atoms with van der Waals surface area (Å²) in [5.74, 6) is 0. The summed E-state index contributed by atoms with van der Waals surface area (Å²) in [5.41, 5.74) is 6.86. The second-order valence-corrected chi connectivity index (χ2v) is 3.66. The Morgan fingerprint density at radius 1 is 1.29 bits per heavy atom. The molecule has 0 aliphatic carbocycles. The van der Waals surface area contributed by atoms with Crippen LogP contribution in [0.1, 0.15) is 25.3 Å². The van der Waals surface area contributed by atoms with Crippen molar-refractivity contribution >= 4 is 0 Å². The van der Waals surface area contributed by atoms with Crippen molar-refractivity contribution in [2.45, 2.75) is 32.4 Å². The molecule has 0 heterocycles.